The fourth-order valence-electron chi connectivity index (χ4n) is 3.09. The van der Waals surface area contributed by atoms with Crippen LogP contribution in [0.1, 0.15) is 25.3 Å². The number of rotatable bonds is 5. The molecule has 0 amide bonds. The summed E-state index contributed by atoms with van der Waals surface area (Å²) in [7, 11) is 0. The first-order valence-corrected chi connectivity index (χ1v) is 7.46. The van der Waals surface area contributed by atoms with Crippen LogP contribution in [0.5, 0.6) is 0 Å². The van der Waals surface area contributed by atoms with E-state index in [1.807, 2.05) is 0 Å². The van der Waals surface area contributed by atoms with E-state index in [0.29, 0.717) is 12.0 Å². The molecule has 1 heterocycles. The van der Waals surface area contributed by atoms with E-state index in [2.05, 4.69) is 41.4 Å². The quantitative estimate of drug-likeness (QED) is 0.847. The molecule has 19 heavy (non-hydrogen) atoms. The van der Waals surface area contributed by atoms with Gasteiger partial charge in [0.25, 0.3) is 0 Å². The SMILES string of the molecule is CC1Cc2ccccc2N(CC(CO)NC2CC2)C1. The molecule has 1 aliphatic carbocycles. The molecule has 0 aromatic heterocycles. The van der Waals surface area contributed by atoms with Crippen LogP contribution >= 0.6 is 0 Å². The highest BCUT2D eigenvalue weighted by atomic mass is 16.3. The molecule has 2 unspecified atom stereocenters. The summed E-state index contributed by atoms with van der Waals surface area (Å²) in [5.74, 6) is 0.690. The maximum absolute atomic E-state index is 9.56. The minimum atomic E-state index is 0.200. The lowest BCUT2D eigenvalue weighted by Crippen LogP contribution is -2.47. The Morgan fingerprint density at radius 2 is 2.16 bits per heavy atom. The first kappa shape index (κ1) is 12.9. The zero-order valence-electron chi connectivity index (χ0n) is 11.7. The predicted molar refractivity (Wildman–Crippen MR) is 78.6 cm³/mol. The summed E-state index contributed by atoms with van der Waals surface area (Å²) in [6.45, 7) is 4.54. The molecule has 1 aromatic rings. The van der Waals surface area contributed by atoms with Gasteiger partial charge in [-0.3, -0.25) is 0 Å². The van der Waals surface area contributed by atoms with Crippen molar-refractivity contribution in [3.8, 4) is 0 Å². The summed E-state index contributed by atoms with van der Waals surface area (Å²) in [5, 5.41) is 13.1. The third kappa shape index (κ3) is 3.10. The molecule has 1 aliphatic heterocycles. The minimum Gasteiger partial charge on any atom is -0.395 e. The van der Waals surface area contributed by atoms with Crippen LogP contribution in [-0.2, 0) is 6.42 Å². The maximum atomic E-state index is 9.56. The Kier molecular flexibility index (Phi) is 3.76. The Bertz CT molecular complexity index is 431. The zero-order chi connectivity index (χ0) is 13.2. The van der Waals surface area contributed by atoms with Crippen LogP contribution in [0.15, 0.2) is 24.3 Å². The molecule has 3 rings (SSSR count). The van der Waals surface area contributed by atoms with E-state index in [1.165, 1.54) is 30.5 Å². The first-order valence-electron chi connectivity index (χ1n) is 7.46. The molecule has 1 saturated carbocycles. The van der Waals surface area contributed by atoms with Crippen molar-refractivity contribution in [1.82, 2.24) is 5.32 Å². The molecule has 3 nitrogen and oxygen atoms in total. The Morgan fingerprint density at radius 1 is 1.37 bits per heavy atom. The molecule has 0 bridgehead atoms. The maximum Gasteiger partial charge on any atom is 0.0602 e. The average molecular weight is 260 g/mol. The van der Waals surface area contributed by atoms with Crippen molar-refractivity contribution in [2.24, 2.45) is 5.92 Å². The molecular weight excluding hydrogens is 236 g/mol. The summed E-state index contributed by atoms with van der Waals surface area (Å²) >= 11 is 0. The Morgan fingerprint density at radius 3 is 2.89 bits per heavy atom. The predicted octanol–water partition coefficient (Wildman–Crippen LogP) is 1.80. The van der Waals surface area contributed by atoms with Crippen LogP contribution < -0.4 is 10.2 Å². The number of nitrogens with one attached hydrogen (secondary N) is 1. The third-order valence-corrected chi connectivity index (χ3v) is 4.14. The van der Waals surface area contributed by atoms with E-state index in [1.54, 1.807) is 0 Å². The highest BCUT2D eigenvalue weighted by molar-refractivity contribution is 5.55. The van der Waals surface area contributed by atoms with Crippen LogP contribution in [0.2, 0.25) is 0 Å². The number of benzene rings is 1. The van der Waals surface area contributed by atoms with E-state index in [4.69, 9.17) is 0 Å². The number of nitrogens with zero attached hydrogens (tertiary/aromatic N) is 1. The summed E-state index contributed by atoms with van der Waals surface area (Å²) in [4.78, 5) is 2.44. The van der Waals surface area contributed by atoms with Gasteiger partial charge in [0.2, 0.25) is 0 Å². The van der Waals surface area contributed by atoms with Gasteiger partial charge >= 0.3 is 0 Å². The summed E-state index contributed by atoms with van der Waals surface area (Å²) in [6, 6.07) is 9.54. The summed E-state index contributed by atoms with van der Waals surface area (Å²) in [6.07, 6.45) is 3.71. The topological polar surface area (TPSA) is 35.5 Å². The fraction of sp³-hybridized carbons (Fsp3) is 0.625. The molecule has 0 spiro atoms. The summed E-state index contributed by atoms with van der Waals surface area (Å²) in [5.41, 5.74) is 2.81. The van der Waals surface area contributed by atoms with Crippen LogP contribution in [0.4, 0.5) is 5.69 Å². The van der Waals surface area contributed by atoms with Crippen LogP contribution in [0, 0.1) is 5.92 Å². The third-order valence-electron chi connectivity index (χ3n) is 4.14. The number of aliphatic hydroxyl groups is 1. The number of fused-ring (bicyclic) bond motifs is 1. The van der Waals surface area contributed by atoms with E-state index >= 15 is 0 Å². The Labute approximate surface area is 115 Å². The van der Waals surface area contributed by atoms with Crippen molar-refractivity contribution in [3.63, 3.8) is 0 Å². The fourth-order valence-corrected chi connectivity index (χ4v) is 3.09. The second-order valence-electron chi connectivity index (χ2n) is 6.16. The molecule has 1 fully saturated rings. The summed E-state index contributed by atoms with van der Waals surface area (Å²) < 4.78 is 0. The molecule has 1 aromatic carbocycles. The van der Waals surface area contributed by atoms with Crippen LogP contribution in [0.25, 0.3) is 0 Å². The van der Waals surface area contributed by atoms with E-state index in [0.717, 1.165) is 13.1 Å². The largest absolute Gasteiger partial charge is 0.395 e. The van der Waals surface area contributed by atoms with Crippen LogP contribution in [-0.4, -0.2) is 36.9 Å². The van der Waals surface area contributed by atoms with E-state index in [-0.39, 0.29) is 12.6 Å². The van der Waals surface area contributed by atoms with Crippen LogP contribution in [0.3, 0.4) is 0 Å². The lowest BCUT2D eigenvalue weighted by molar-refractivity contribution is 0.241. The lowest BCUT2D eigenvalue weighted by atomic mass is 9.93. The van der Waals surface area contributed by atoms with Gasteiger partial charge in [-0.15, -0.1) is 0 Å². The van der Waals surface area contributed by atoms with Gasteiger partial charge in [0.1, 0.15) is 0 Å². The number of anilines is 1. The van der Waals surface area contributed by atoms with Crippen molar-refractivity contribution >= 4 is 5.69 Å². The number of aliphatic hydroxyl groups excluding tert-OH is 1. The second kappa shape index (κ2) is 5.51. The second-order valence-corrected chi connectivity index (χ2v) is 6.16. The molecule has 3 heteroatoms. The van der Waals surface area contributed by atoms with Gasteiger partial charge in [-0.05, 0) is 36.8 Å². The lowest BCUT2D eigenvalue weighted by Gasteiger charge is -2.37. The van der Waals surface area contributed by atoms with Crippen molar-refractivity contribution in [3.05, 3.63) is 29.8 Å². The molecule has 2 N–H and O–H groups in total. The molecule has 2 aliphatic rings. The standard InChI is InChI=1S/C16H24N2O/c1-12-8-13-4-2-3-5-16(13)18(9-12)10-15(11-19)17-14-6-7-14/h2-5,12,14-15,17,19H,6-11H2,1H3. The molecular formula is C16H24N2O. The van der Waals surface area contributed by atoms with Crippen molar-refractivity contribution in [2.75, 3.05) is 24.6 Å². The van der Waals surface area contributed by atoms with Gasteiger partial charge in [0.15, 0.2) is 0 Å². The highest BCUT2D eigenvalue weighted by Crippen LogP contribution is 2.29. The molecule has 0 saturated heterocycles. The Hall–Kier alpha value is -1.06. The average Bonchev–Trinajstić information content (AvgIpc) is 3.21. The number of para-hydroxylation sites is 1. The molecule has 2 atom stereocenters. The molecule has 0 radical (unpaired) electrons. The van der Waals surface area contributed by atoms with Gasteiger partial charge in [-0.25, -0.2) is 0 Å². The van der Waals surface area contributed by atoms with E-state index in [9.17, 15) is 5.11 Å². The van der Waals surface area contributed by atoms with Crippen molar-refractivity contribution in [2.45, 2.75) is 38.3 Å². The van der Waals surface area contributed by atoms with Gasteiger partial charge < -0.3 is 15.3 Å². The van der Waals surface area contributed by atoms with Gasteiger partial charge in [0.05, 0.1) is 6.61 Å². The van der Waals surface area contributed by atoms with Crippen molar-refractivity contribution < 1.29 is 5.11 Å². The highest BCUT2D eigenvalue weighted by Gasteiger charge is 2.27. The minimum absolute atomic E-state index is 0.200. The zero-order valence-corrected chi connectivity index (χ0v) is 11.7. The van der Waals surface area contributed by atoms with Gasteiger partial charge in [0, 0.05) is 30.9 Å². The molecule has 104 valence electrons. The monoisotopic (exact) mass is 260 g/mol. The Balaban J connectivity index is 1.72. The normalized spacial score (nSPS) is 24.1. The van der Waals surface area contributed by atoms with Gasteiger partial charge in [-0.2, -0.15) is 0 Å². The van der Waals surface area contributed by atoms with Crippen molar-refractivity contribution in [1.29, 1.82) is 0 Å². The first-order chi connectivity index (χ1) is 9.26. The van der Waals surface area contributed by atoms with E-state index < -0.39 is 0 Å². The number of hydrogen-bond donors (Lipinski definition) is 2. The van der Waals surface area contributed by atoms with Gasteiger partial charge in [-0.1, -0.05) is 25.1 Å². The smallest absolute Gasteiger partial charge is 0.0602 e. The number of hydrogen-bond acceptors (Lipinski definition) is 3.